The normalized spacial score (nSPS) is 13.2. The zero-order chi connectivity index (χ0) is 30.2. The minimum Gasteiger partial charge on any atom is -0.490 e. The molecular weight excluding hydrogens is 715 g/mol. The van der Waals surface area contributed by atoms with Crippen LogP contribution in [0.3, 0.4) is 0 Å². The summed E-state index contributed by atoms with van der Waals surface area (Å²) < 4.78 is 18.5. The van der Waals surface area contributed by atoms with Crippen molar-refractivity contribution in [3.05, 3.63) is 54.4 Å². The van der Waals surface area contributed by atoms with E-state index in [0.29, 0.717) is 30.0 Å². The van der Waals surface area contributed by atoms with Crippen molar-refractivity contribution in [3.8, 4) is 28.9 Å². The third-order valence-corrected chi connectivity index (χ3v) is 7.10. The second kappa shape index (κ2) is 15.0. The van der Waals surface area contributed by atoms with Crippen LogP contribution in [0.15, 0.2) is 37.1 Å². The summed E-state index contributed by atoms with van der Waals surface area (Å²) in [5, 5.41) is 9.22. The minimum atomic E-state index is -0.971. The average molecular weight is 753 g/mol. The quantitative estimate of drug-likeness (QED) is 0.132. The summed E-state index contributed by atoms with van der Waals surface area (Å²) in [6.45, 7) is 11.2. The van der Waals surface area contributed by atoms with Crippen molar-refractivity contribution >= 4 is 11.9 Å². The zero-order valence-corrected chi connectivity index (χ0v) is 27.6. The molecule has 2 heterocycles. The van der Waals surface area contributed by atoms with Crippen molar-refractivity contribution in [1.82, 2.24) is 19.5 Å². The SMILES string of the molecule is COC(=O)C(C)(C)CC(C)(CCC(C)C#N)C(=O)OCCOc1cc(C)c(-n2ccnc2-c2[c-]ncnc2)c(C)c1.[Ir]. The van der Waals surface area contributed by atoms with Gasteiger partial charge in [-0.05, 0) is 90.3 Å². The Morgan fingerprint density at radius 3 is 2.43 bits per heavy atom. The van der Waals surface area contributed by atoms with E-state index in [0.717, 1.165) is 16.8 Å². The molecule has 0 saturated carbocycles. The Morgan fingerprint density at radius 2 is 1.83 bits per heavy atom. The van der Waals surface area contributed by atoms with Crippen molar-refractivity contribution in [2.75, 3.05) is 20.3 Å². The van der Waals surface area contributed by atoms with Crippen LogP contribution in [-0.2, 0) is 39.2 Å². The van der Waals surface area contributed by atoms with Crippen LogP contribution in [0.2, 0.25) is 0 Å². The van der Waals surface area contributed by atoms with Crippen molar-refractivity contribution in [1.29, 1.82) is 5.26 Å². The molecule has 42 heavy (non-hydrogen) atoms. The topological polar surface area (TPSA) is 129 Å². The first kappa shape index (κ1) is 34.6. The van der Waals surface area contributed by atoms with E-state index in [1.165, 1.54) is 13.4 Å². The van der Waals surface area contributed by atoms with Gasteiger partial charge in [0.15, 0.2) is 0 Å². The Bertz CT molecular complexity index is 1380. The van der Waals surface area contributed by atoms with E-state index in [1.54, 1.807) is 33.2 Å². The Balaban J connectivity index is 0.00000616. The molecule has 0 amide bonds. The molecule has 11 heteroatoms. The number of hydrogen-bond donors (Lipinski definition) is 0. The van der Waals surface area contributed by atoms with Crippen LogP contribution in [0.4, 0.5) is 0 Å². The summed E-state index contributed by atoms with van der Waals surface area (Å²) in [5.74, 6) is 0.271. The smallest absolute Gasteiger partial charge is 0.311 e. The molecule has 1 radical (unpaired) electrons. The fourth-order valence-corrected chi connectivity index (χ4v) is 5.09. The van der Waals surface area contributed by atoms with Crippen molar-refractivity contribution in [2.24, 2.45) is 16.7 Å². The number of aryl methyl sites for hydroxylation is 2. The number of benzene rings is 1. The number of esters is 2. The summed E-state index contributed by atoms with van der Waals surface area (Å²) in [5.41, 5.74) is 1.72. The van der Waals surface area contributed by atoms with E-state index in [-0.39, 0.29) is 45.7 Å². The van der Waals surface area contributed by atoms with E-state index in [1.807, 2.05) is 43.7 Å². The molecule has 3 aromatic rings. The second-order valence-electron chi connectivity index (χ2n) is 11.2. The third-order valence-electron chi connectivity index (χ3n) is 7.10. The molecule has 0 fully saturated rings. The molecule has 1 aromatic carbocycles. The van der Waals surface area contributed by atoms with E-state index in [9.17, 15) is 14.9 Å². The van der Waals surface area contributed by atoms with Gasteiger partial charge in [-0.25, -0.2) is 0 Å². The van der Waals surface area contributed by atoms with Crippen LogP contribution in [0.25, 0.3) is 17.1 Å². The number of nitriles is 1. The maximum atomic E-state index is 13.3. The summed E-state index contributed by atoms with van der Waals surface area (Å²) in [7, 11) is 1.33. The van der Waals surface area contributed by atoms with E-state index in [4.69, 9.17) is 14.2 Å². The number of carbonyl (C=O) groups is 2. The van der Waals surface area contributed by atoms with Gasteiger partial charge in [-0.2, -0.15) is 5.26 Å². The van der Waals surface area contributed by atoms with E-state index >= 15 is 0 Å². The Kier molecular flexibility index (Phi) is 12.4. The first-order valence-corrected chi connectivity index (χ1v) is 13.5. The molecule has 2 aromatic heterocycles. The predicted octanol–water partition coefficient (Wildman–Crippen LogP) is 5.20. The van der Waals surface area contributed by atoms with Crippen LogP contribution in [0.1, 0.15) is 58.1 Å². The van der Waals surface area contributed by atoms with Crippen molar-refractivity contribution < 1.29 is 43.9 Å². The van der Waals surface area contributed by atoms with E-state index in [2.05, 4.69) is 27.2 Å². The number of methoxy groups -OCH3 is 1. The monoisotopic (exact) mass is 753 g/mol. The van der Waals surface area contributed by atoms with Crippen LogP contribution in [0, 0.1) is 48.1 Å². The molecule has 2 atom stereocenters. The van der Waals surface area contributed by atoms with Gasteiger partial charge in [0.1, 0.15) is 19.0 Å². The second-order valence-corrected chi connectivity index (χ2v) is 11.2. The molecule has 227 valence electrons. The summed E-state index contributed by atoms with van der Waals surface area (Å²) in [6, 6.07) is 6.05. The summed E-state index contributed by atoms with van der Waals surface area (Å²) in [6.07, 6.45) is 10.8. The van der Waals surface area contributed by atoms with Gasteiger partial charge in [0.2, 0.25) is 0 Å². The molecule has 10 nitrogen and oxygen atoms in total. The number of aromatic nitrogens is 4. The Labute approximate surface area is 261 Å². The fourth-order valence-electron chi connectivity index (χ4n) is 5.09. The fraction of sp³-hybridized carbons (Fsp3) is 0.484. The van der Waals surface area contributed by atoms with Gasteiger partial charge in [-0.15, -0.1) is 0 Å². The van der Waals surface area contributed by atoms with Crippen LogP contribution < -0.4 is 4.74 Å². The molecule has 0 N–H and O–H groups in total. The number of carbonyl (C=O) groups excluding carboxylic acids is 2. The molecule has 0 bridgehead atoms. The number of hydrogen-bond acceptors (Lipinski definition) is 9. The molecule has 0 aliphatic rings. The van der Waals surface area contributed by atoms with Gasteiger partial charge in [-0.3, -0.25) is 14.6 Å². The maximum absolute atomic E-state index is 13.3. The van der Waals surface area contributed by atoms with Crippen molar-refractivity contribution in [2.45, 2.75) is 60.8 Å². The zero-order valence-electron chi connectivity index (χ0n) is 25.2. The van der Waals surface area contributed by atoms with E-state index < -0.39 is 22.8 Å². The molecule has 0 aliphatic heterocycles. The van der Waals surface area contributed by atoms with Crippen LogP contribution in [0.5, 0.6) is 5.75 Å². The average Bonchev–Trinajstić information content (AvgIpc) is 3.42. The minimum absolute atomic E-state index is 0. The first-order valence-electron chi connectivity index (χ1n) is 13.5. The summed E-state index contributed by atoms with van der Waals surface area (Å²) >= 11 is 0. The Hall–Kier alpha value is -3.61. The molecule has 0 saturated heterocycles. The number of ether oxygens (including phenoxy) is 3. The molecule has 2 unspecified atom stereocenters. The molecular formula is C31H38IrN5O5-. The van der Waals surface area contributed by atoms with Crippen LogP contribution in [-0.4, -0.2) is 51.8 Å². The third kappa shape index (κ3) is 8.46. The van der Waals surface area contributed by atoms with Crippen LogP contribution >= 0.6 is 0 Å². The predicted molar refractivity (Wildman–Crippen MR) is 152 cm³/mol. The number of rotatable bonds is 13. The van der Waals surface area contributed by atoms with Gasteiger partial charge in [0.25, 0.3) is 0 Å². The molecule has 0 aliphatic carbocycles. The number of imidazole rings is 1. The van der Waals surface area contributed by atoms with Gasteiger partial charge < -0.3 is 28.7 Å². The standard InChI is InChI=1S/C31H38N5O5.Ir/c1-21(16-32)8-9-31(6,19-30(4,5)28(37)39-7)29(38)41-13-12-40-25-14-22(2)26(23(3)15-25)36-11-10-35-27(36)24-17-33-20-34-18-24;/h10-11,14-15,17,20-21H,8-9,12-13,19H2,1-7H3;/q-1;. The molecule has 3 rings (SSSR count). The van der Waals surface area contributed by atoms with Crippen molar-refractivity contribution in [3.63, 3.8) is 0 Å². The summed E-state index contributed by atoms with van der Waals surface area (Å²) in [4.78, 5) is 38.1. The molecule has 0 spiro atoms. The Morgan fingerprint density at radius 1 is 1.14 bits per heavy atom. The maximum Gasteiger partial charge on any atom is 0.311 e. The van der Waals surface area contributed by atoms with Gasteiger partial charge in [-0.1, -0.05) is 11.8 Å². The van der Waals surface area contributed by atoms with Gasteiger partial charge in [0.05, 0.1) is 29.8 Å². The van der Waals surface area contributed by atoms with Gasteiger partial charge in [0, 0.05) is 50.4 Å². The first-order chi connectivity index (χ1) is 19.4. The van der Waals surface area contributed by atoms with Gasteiger partial charge >= 0.3 is 11.9 Å². The number of nitrogens with zero attached hydrogens (tertiary/aromatic N) is 5. The largest absolute Gasteiger partial charge is 0.490 e.